The van der Waals surface area contributed by atoms with Crippen LogP contribution in [0.25, 0.3) is 10.9 Å². The Hall–Kier alpha value is -3.16. The number of nitrogens with one attached hydrogen (secondary N) is 2. The fraction of sp³-hybridized carbons (Fsp3) is 0.250. The van der Waals surface area contributed by atoms with Crippen LogP contribution in [-0.4, -0.2) is 32.9 Å². The first-order chi connectivity index (χ1) is 11.4. The fourth-order valence-corrected chi connectivity index (χ4v) is 2.34. The fourth-order valence-electron chi connectivity index (χ4n) is 2.34. The summed E-state index contributed by atoms with van der Waals surface area (Å²) in [6.07, 6.45) is 5.09. The van der Waals surface area contributed by atoms with Gasteiger partial charge in [-0.1, -0.05) is 12.2 Å². The Morgan fingerprint density at radius 3 is 2.83 bits per heavy atom. The van der Waals surface area contributed by atoms with Crippen LogP contribution in [0.2, 0.25) is 0 Å². The molecule has 126 valence electrons. The van der Waals surface area contributed by atoms with E-state index >= 15 is 0 Å². The highest BCUT2D eigenvalue weighted by Gasteiger charge is 2.19. The number of aromatic nitrogens is 1. The Balaban J connectivity index is 2.16. The van der Waals surface area contributed by atoms with Gasteiger partial charge in [0.05, 0.1) is 11.3 Å². The lowest BCUT2D eigenvalue weighted by Gasteiger charge is -2.12. The number of aliphatic carboxylic acids is 1. The average molecular weight is 331 g/mol. The van der Waals surface area contributed by atoms with Crippen LogP contribution in [0.1, 0.15) is 18.9 Å². The zero-order valence-electron chi connectivity index (χ0n) is 13.0. The monoisotopic (exact) mass is 331 g/mol. The number of hydrogen-bond acceptors (Lipinski definition) is 4. The molecular weight excluding hydrogens is 314 g/mol. The predicted octanol–water partition coefficient (Wildman–Crippen LogP) is 2.15. The molecule has 1 aromatic carbocycles. The number of allylic oxidation sites excluding steroid dienone is 1. The van der Waals surface area contributed by atoms with Crippen LogP contribution >= 0.6 is 0 Å². The summed E-state index contributed by atoms with van der Waals surface area (Å²) in [6, 6.07) is 3.33. The second-order valence-corrected chi connectivity index (χ2v) is 5.24. The van der Waals surface area contributed by atoms with Crippen molar-refractivity contribution in [3.05, 3.63) is 52.2 Å². The van der Waals surface area contributed by atoms with Crippen LogP contribution in [0.15, 0.2) is 36.5 Å². The highest BCUT2D eigenvalue weighted by atomic mass is 16.6. The number of hydrogen-bond donors (Lipinski definition) is 3. The van der Waals surface area contributed by atoms with Gasteiger partial charge in [-0.2, -0.15) is 0 Å². The number of benzene rings is 1. The standard InChI is InChI=1S/C16H17N3O5/c1-2-3-4-14(16(21)22)18-15(20)7-10-9-17-13-6-5-11(19(23)24)8-12(10)13/h2-3,5-6,8-9,14,17H,4,7H2,1H3,(H,18,20)(H,21,22)/b3-2+. The minimum Gasteiger partial charge on any atom is -0.480 e. The van der Waals surface area contributed by atoms with Gasteiger partial charge in [-0.3, -0.25) is 14.9 Å². The van der Waals surface area contributed by atoms with Crippen LogP contribution in [0.3, 0.4) is 0 Å². The Morgan fingerprint density at radius 1 is 1.46 bits per heavy atom. The number of fused-ring (bicyclic) bond motifs is 1. The minimum atomic E-state index is -1.11. The molecule has 1 atom stereocenters. The van der Waals surface area contributed by atoms with Crippen molar-refractivity contribution >= 4 is 28.5 Å². The summed E-state index contributed by atoms with van der Waals surface area (Å²) in [6.45, 7) is 1.76. The van der Waals surface area contributed by atoms with Crippen LogP contribution in [0.5, 0.6) is 0 Å². The first-order valence-corrected chi connectivity index (χ1v) is 7.30. The van der Waals surface area contributed by atoms with Gasteiger partial charge in [-0.15, -0.1) is 0 Å². The number of carboxylic acid groups (broad SMARTS) is 1. The van der Waals surface area contributed by atoms with Crippen LogP contribution in [0, 0.1) is 10.1 Å². The minimum absolute atomic E-state index is 0.0687. The first-order valence-electron chi connectivity index (χ1n) is 7.30. The van der Waals surface area contributed by atoms with Gasteiger partial charge >= 0.3 is 5.97 Å². The number of carbonyl (C=O) groups is 2. The lowest BCUT2D eigenvalue weighted by atomic mass is 10.1. The third-order valence-corrected chi connectivity index (χ3v) is 3.55. The number of non-ortho nitro benzene ring substituents is 1. The van der Waals surface area contributed by atoms with E-state index in [9.17, 15) is 19.7 Å². The molecule has 0 fully saturated rings. The highest BCUT2D eigenvalue weighted by molar-refractivity contribution is 5.91. The van der Waals surface area contributed by atoms with E-state index in [1.54, 1.807) is 31.3 Å². The largest absolute Gasteiger partial charge is 0.480 e. The Labute approximate surface area is 137 Å². The summed E-state index contributed by atoms with van der Waals surface area (Å²) in [7, 11) is 0. The number of aromatic amines is 1. The van der Waals surface area contributed by atoms with Gasteiger partial charge in [0.2, 0.25) is 5.91 Å². The summed E-state index contributed by atoms with van der Waals surface area (Å²) in [4.78, 5) is 36.5. The van der Waals surface area contributed by atoms with Gasteiger partial charge in [0.15, 0.2) is 0 Å². The molecule has 0 radical (unpaired) electrons. The van der Waals surface area contributed by atoms with E-state index in [2.05, 4.69) is 10.3 Å². The van der Waals surface area contributed by atoms with Crippen molar-refractivity contribution in [1.29, 1.82) is 0 Å². The normalized spacial score (nSPS) is 12.4. The highest BCUT2D eigenvalue weighted by Crippen LogP contribution is 2.24. The van der Waals surface area contributed by atoms with Crippen molar-refractivity contribution in [2.45, 2.75) is 25.8 Å². The van der Waals surface area contributed by atoms with E-state index in [0.717, 1.165) is 0 Å². The molecule has 0 spiro atoms. The van der Waals surface area contributed by atoms with Crippen LogP contribution in [-0.2, 0) is 16.0 Å². The molecule has 1 aromatic heterocycles. The summed E-state index contributed by atoms with van der Waals surface area (Å²) < 4.78 is 0. The average Bonchev–Trinajstić information content (AvgIpc) is 2.93. The van der Waals surface area contributed by atoms with E-state index in [1.807, 2.05) is 0 Å². The quantitative estimate of drug-likeness (QED) is 0.407. The van der Waals surface area contributed by atoms with Crippen molar-refractivity contribution in [3.8, 4) is 0 Å². The Morgan fingerprint density at radius 2 is 2.21 bits per heavy atom. The molecule has 2 aromatic rings. The van der Waals surface area contributed by atoms with Gasteiger partial charge in [-0.05, 0) is 25.0 Å². The Bertz CT molecular complexity index is 809. The van der Waals surface area contributed by atoms with Crippen molar-refractivity contribution in [1.82, 2.24) is 10.3 Å². The summed E-state index contributed by atoms with van der Waals surface area (Å²) in [5, 5.41) is 23.0. The zero-order valence-corrected chi connectivity index (χ0v) is 13.0. The molecule has 0 aliphatic carbocycles. The number of rotatable bonds is 7. The Kier molecular flexibility index (Phi) is 5.31. The summed E-state index contributed by atoms with van der Waals surface area (Å²) >= 11 is 0. The second kappa shape index (κ2) is 7.40. The first kappa shape index (κ1) is 17.2. The molecule has 0 aliphatic rings. The van der Waals surface area contributed by atoms with E-state index in [4.69, 9.17) is 5.11 Å². The third kappa shape index (κ3) is 3.97. The van der Waals surface area contributed by atoms with Crippen LogP contribution < -0.4 is 5.32 Å². The van der Waals surface area contributed by atoms with E-state index in [1.165, 1.54) is 12.1 Å². The number of H-pyrrole nitrogens is 1. The molecule has 3 N–H and O–H groups in total. The van der Waals surface area contributed by atoms with Gasteiger partial charge in [0, 0.05) is 29.2 Å². The molecule has 1 heterocycles. The maximum absolute atomic E-state index is 12.1. The maximum atomic E-state index is 12.1. The number of nitrogens with zero attached hydrogens (tertiary/aromatic N) is 1. The lowest BCUT2D eigenvalue weighted by molar-refractivity contribution is -0.384. The molecule has 2 rings (SSSR count). The molecular formula is C16H17N3O5. The molecule has 0 aliphatic heterocycles. The molecule has 1 unspecified atom stereocenters. The molecule has 24 heavy (non-hydrogen) atoms. The van der Waals surface area contributed by atoms with E-state index in [-0.39, 0.29) is 18.5 Å². The van der Waals surface area contributed by atoms with Crippen LogP contribution in [0.4, 0.5) is 5.69 Å². The summed E-state index contributed by atoms with van der Waals surface area (Å²) in [5.74, 6) is -1.57. The molecule has 1 amide bonds. The van der Waals surface area contributed by atoms with Crippen molar-refractivity contribution in [2.24, 2.45) is 0 Å². The van der Waals surface area contributed by atoms with Gasteiger partial charge in [0.25, 0.3) is 5.69 Å². The smallest absolute Gasteiger partial charge is 0.326 e. The molecule has 8 heteroatoms. The number of carbonyl (C=O) groups excluding carboxylic acids is 1. The van der Waals surface area contributed by atoms with Gasteiger partial charge in [-0.25, -0.2) is 4.79 Å². The number of nitro benzene ring substituents is 1. The zero-order chi connectivity index (χ0) is 17.7. The van der Waals surface area contributed by atoms with Crippen molar-refractivity contribution in [2.75, 3.05) is 0 Å². The third-order valence-electron chi connectivity index (χ3n) is 3.55. The molecule has 0 bridgehead atoms. The predicted molar refractivity (Wildman–Crippen MR) is 87.7 cm³/mol. The number of nitro groups is 1. The SMILES string of the molecule is C/C=C/CC(NC(=O)Cc1c[nH]c2ccc([N+](=O)[O-])cc12)C(=O)O. The van der Waals surface area contributed by atoms with Crippen molar-refractivity contribution in [3.63, 3.8) is 0 Å². The maximum Gasteiger partial charge on any atom is 0.326 e. The number of carboxylic acids is 1. The number of amides is 1. The molecule has 0 saturated carbocycles. The summed E-state index contributed by atoms with van der Waals surface area (Å²) in [5.41, 5.74) is 1.17. The van der Waals surface area contributed by atoms with Crippen molar-refractivity contribution < 1.29 is 19.6 Å². The molecule has 8 nitrogen and oxygen atoms in total. The second-order valence-electron chi connectivity index (χ2n) is 5.24. The van der Waals surface area contributed by atoms with Gasteiger partial charge in [0.1, 0.15) is 6.04 Å². The topological polar surface area (TPSA) is 125 Å². The molecule has 0 saturated heterocycles. The van der Waals surface area contributed by atoms with E-state index < -0.39 is 22.8 Å². The van der Waals surface area contributed by atoms with E-state index in [0.29, 0.717) is 16.5 Å². The van der Waals surface area contributed by atoms with Gasteiger partial charge < -0.3 is 15.4 Å². The lowest BCUT2D eigenvalue weighted by Crippen LogP contribution is -2.41.